The van der Waals surface area contributed by atoms with Crippen LogP contribution in [0.15, 0.2) is 18.2 Å². The summed E-state index contributed by atoms with van der Waals surface area (Å²) in [6.07, 6.45) is 1.96. The summed E-state index contributed by atoms with van der Waals surface area (Å²) in [6, 6.07) is 5.07. The molecule has 18 heavy (non-hydrogen) atoms. The molecular formula is C15H23ClFN. The molecule has 0 heterocycles. The minimum absolute atomic E-state index is 0.199. The van der Waals surface area contributed by atoms with Crippen molar-refractivity contribution in [3.05, 3.63) is 34.6 Å². The van der Waals surface area contributed by atoms with Crippen LogP contribution < -0.4 is 5.32 Å². The fourth-order valence-electron chi connectivity index (χ4n) is 1.83. The van der Waals surface area contributed by atoms with E-state index in [4.69, 9.17) is 11.6 Å². The van der Waals surface area contributed by atoms with E-state index in [-0.39, 0.29) is 10.8 Å². The first-order chi connectivity index (χ1) is 8.49. The Hall–Kier alpha value is -0.600. The fraction of sp³-hybridized carbons (Fsp3) is 0.600. The van der Waals surface area contributed by atoms with Crippen molar-refractivity contribution in [3.63, 3.8) is 0 Å². The van der Waals surface area contributed by atoms with E-state index in [2.05, 4.69) is 26.1 Å². The van der Waals surface area contributed by atoms with E-state index in [0.717, 1.165) is 31.5 Å². The smallest absolute Gasteiger partial charge is 0.142 e. The Balaban J connectivity index is 2.29. The highest BCUT2D eigenvalue weighted by atomic mass is 35.5. The van der Waals surface area contributed by atoms with Crippen LogP contribution in [0.1, 0.15) is 32.8 Å². The summed E-state index contributed by atoms with van der Waals surface area (Å²) in [4.78, 5) is 0. The van der Waals surface area contributed by atoms with Crippen molar-refractivity contribution in [3.8, 4) is 0 Å². The molecule has 3 heteroatoms. The molecule has 1 nitrogen and oxygen atoms in total. The highest BCUT2D eigenvalue weighted by Gasteiger charge is 2.05. The number of benzene rings is 1. The molecule has 0 aliphatic heterocycles. The molecule has 0 amide bonds. The van der Waals surface area contributed by atoms with Crippen LogP contribution in [0.25, 0.3) is 0 Å². The Kier molecular flexibility index (Phi) is 6.66. The van der Waals surface area contributed by atoms with E-state index in [9.17, 15) is 4.39 Å². The van der Waals surface area contributed by atoms with Gasteiger partial charge >= 0.3 is 0 Å². The Morgan fingerprint density at radius 3 is 2.56 bits per heavy atom. The van der Waals surface area contributed by atoms with Crippen LogP contribution in [0, 0.1) is 17.7 Å². The second kappa shape index (κ2) is 7.75. The molecule has 0 bridgehead atoms. The standard InChI is InChI=1S/C15H23ClFN/c1-11(2)9-18-10-12(3)4-5-13-6-7-14(16)15(17)8-13/h6-8,11-12,18H,4-5,9-10H2,1-3H3. The number of aryl methyl sites for hydroxylation is 1. The second-order valence-electron chi connectivity index (χ2n) is 5.44. The largest absolute Gasteiger partial charge is 0.316 e. The van der Waals surface area contributed by atoms with Gasteiger partial charge in [0.15, 0.2) is 0 Å². The van der Waals surface area contributed by atoms with E-state index in [1.54, 1.807) is 6.07 Å². The molecule has 0 saturated heterocycles. The summed E-state index contributed by atoms with van der Waals surface area (Å²) in [5.41, 5.74) is 1.02. The molecule has 1 N–H and O–H groups in total. The fourth-order valence-corrected chi connectivity index (χ4v) is 1.95. The average molecular weight is 272 g/mol. The van der Waals surface area contributed by atoms with Crippen molar-refractivity contribution in [2.45, 2.75) is 33.6 Å². The predicted molar refractivity (Wildman–Crippen MR) is 76.6 cm³/mol. The molecule has 0 fully saturated rings. The van der Waals surface area contributed by atoms with Crippen LogP contribution >= 0.6 is 11.6 Å². The summed E-state index contributed by atoms with van der Waals surface area (Å²) in [5, 5.41) is 3.65. The Morgan fingerprint density at radius 1 is 1.22 bits per heavy atom. The third kappa shape index (κ3) is 5.83. The third-order valence-electron chi connectivity index (χ3n) is 2.96. The van der Waals surface area contributed by atoms with Gasteiger partial charge in [0.05, 0.1) is 5.02 Å². The van der Waals surface area contributed by atoms with E-state index < -0.39 is 0 Å². The molecule has 102 valence electrons. The van der Waals surface area contributed by atoms with Gasteiger partial charge in [-0.3, -0.25) is 0 Å². The van der Waals surface area contributed by atoms with E-state index in [1.807, 2.05) is 6.07 Å². The van der Waals surface area contributed by atoms with Crippen LogP contribution in [0.4, 0.5) is 4.39 Å². The maximum Gasteiger partial charge on any atom is 0.142 e. The van der Waals surface area contributed by atoms with Crippen molar-refractivity contribution in [2.24, 2.45) is 11.8 Å². The van der Waals surface area contributed by atoms with Gasteiger partial charge in [-0.1, -0.05) is 38.4 Å². The topological polar surface area (TPSA) is 12.0 Å². The summed E-state index contributed by atoms with van der Waals surface area (Å²) in [7, 11) is 0. The lowest BCUT2D eigenvalue weighted by atomic mass is 10.0. The van der Waals surface area contributed by atoms with E-state index >= 15 is 0 Å². The Labute approximate surface area is 115 Å². The summed E-state index contributed by atoms with van der Waals surface area (Å²) in [5.74, 6) is 0.963. The third-order valence-corrected chi connectivity index (χ3v) is 3.26. The summed E-state index contributed by atoms with van der Waals surface area (Å²) in [6.45, 7) is 8.70. The number of hydrogen-bond acceptors (Lipinski definition) is 1. The van der Waals surface area contributed by atoms with E-state index in [0.29, 0.717) is 11.8 Å². The average Bonchev–Trinajstić information content (AvgIpc) is 2.30. The predicted octanol–water partition coefficient (Wildman–Crippen LogP) is 4.29. The van der Waals surface area contributed by atoms with Crippen molar-refractivity contribution in [2.75, 3.05) is 13.1 Å². The lowest BCUT2D eigenvalue weighted by molar-refractivity contribution is 0.453. The highest BCUT2D eigenvalue weighted by Crippen LogP contribution is 2.17. The van der Waals surface area contributed by atoms with Crippen molar-refractivity contribution in [1.29, 1.82) is 0 Å². The van der Waals surface area contributed by atoms with Crippen LogP contribution in [0.2, 0.25) is 5.02 Å². The maximum atomic E-state index is 13.3. The van der Waals surface area contributed by atoms with Gasteiger partial charge in [-0.25, -0.2) is 4.39 Å². The van der Waals surface area contributed by atoms with Gasteiger partial charge in [0.1, 0.15) is 5.82 Å². The Morgan fingerprint density at radius 2 is 1.94 bits per heavy atom. The van der Waals surface area contributed by atoms with Gasteiger partial charge < -0.3 is 5.32 Å². The first kappa shape index (κ1) is 15.5. The lowest BCUT2D eigenvalue weighted by Gasteiger charge is -2.14. The molecule has 1 rings (SSSR count). The minimum atomic E-state index is -0.320. The monoisotopic (exact) mass is 271 g/mol. The zero-order valence-corrected chi connectivity index (χ0v) is 12.2. The SMILES string of the molecule is CC(C)CNCC(C)CCc1ccc(Cl)c(F)c1. The van der Waals surface area contributed by atoms with Gasteiger partial charge in [0, 0.05) is 0 Å². The zero-order valence-electron chi connectivity index (χ0n) is 11.5. The number of halogens is 2. The second-order valence-corrected chi connectivity index (χ2v) is 5.85. The van der Waals surface area contributed by atoms with Gasteiger partial charge in [-0.05, 0) is 55.5 Å². The molecule has 1 aromatic rings. The molecule has 0 aliphatic rings. The molecule has 0 saturated carbocycles. The van der Waals surface area contributed by atoms with Gasteiger partial charge in [0.2, 0.25) is 0 Å². The molecule has 0 aromatic heterocycles. The lowest BCUT2D eigenvalue weighted by Crippen LogP contribution is -2.25. The first-order valence-electron chi connectivity index (χ1n) is 6.63. The van der Waals surface area contributed by atoms with Gasteiger partial charge in [-0.15, -0.1) is 0 Å². The molecular weight excluding hydrogens is 249 g/mol. The molecule has 0 spiro atoms. The maximum absolute atomic E-state index is 13.3. The van der Waals surface area contributed by atoms with Crippen molar-refractivity contribution < 1.29 is 4.39 Å². The summed E-state index contributed by atoms with van der Waals surface area (Å²) >= 11 is 5.66. The number of rotatable bonds is 7. The zero-order chi connectivity index (χ0) is 13.5. The molecule has 1 aromatic carbocycles. The van der Waals surface area contributed by atoms with E-state index in [1.165, 1.54) is 6.07 Å². The molecule has 1 unspecified atom stereocenters. The van der Waals surface area contributed by atoms with Crippen LogP contribution in [0.3, 0.4) is 0 Å². The number of nitrogens with one attached hydrogen (secondary N) is 1. The van der Waals surface area contributed by atoms with Gasteiger partial charge in [-0.2, -0.15) is 0 Å². The van der Waals surface area contributed by atoms with Crippen molar-refractivity contribution in [1.82, 2.24) is 5.32 Å². The molecule has 1 atom stereocenters. The minimum Gasteiger partial charge on any atom is -0.316 e. The normalized spacial score (nSPS) is 13.0. The first-order valence-corrected chi connectivity index (χ1v) is 7.01. The number of hydrogen-bond donors (Lipinski definition) is 1. The van der Waals surface area contributed by atoms with Gasteiger partial charge in [0.25, 0.3) is 0 Å². The molecule has 0 radical (unpaired) electrons. The molecule has 0 aliphatic carbocycles. The quantitative estimate of drug-likeness (QED) is 0.780. The van der Waals surface area contributed by atoms with Crippen molar-refractivity contribution >= 4 is 11.6 Å². The van der Waals surface area contributed by atoms with Crippen LogP contribution in [0.5, 0.6) is 0 Å². The summed E-state index contributed by atoms with van der Waals surface area (Å²) < 4.78 is 13.3. The van der Waals surface area contributed by atoms with Crippen LogP contribution in [-0.4, -0.2) is 13.1 Å². The highest BCUT2D eigenvalue weighted by molar-refractivity contribution is 6.30. The van der Waals surface area contributed by atoms with Crippen LogP contribution in [-0.2, 0) is 6.42 Å². The Bertz CT molecular complexity index is 366.